The average molecular weight is 264 g/mol. The van der Waals surface area contributed by atoms with Crippen LogP contribution >= 0.6 is 0 Å². The quantitative estimate of drug-likeness (QED) is 0.777. The molecular formula is C13H16N2O4. The molecule has 0 aliphatic carbocycles. The summed E-state index contributed by atoms with van der Waals surface area (Å²) in [6, 6.07) is 6.62. The Hall–Kier alpha value is -1.92. The zero-order chi connectivity index (χ0) is 13.9. The van der Waals surface area contributed by atoms with E-state index in [1.807, 2.05) is 0 Å². The summed E-state index contributed by atoms with van der Waals surface area (Å²) in [5, 5.41) is 2.66. The van der Waals surface area contributed by atoms with Gasteiger partial charge in [-0.3, -0.25) is 4.79 Å². The van der Waals surface area contributed by atoms with Crippen LogP contribution in [0, 0.1) is 0 Å². The summed E-state index contributed by atoms with van der Waals surface area (Å²) in [6.45, 7) is 0.641. The van der Waals surface area contributed by atoms with E-state index < -0.39 is 11.5 Å². The monoisotopic (exact) mass is 264 g/mol. The topological polar surface area (TPSA) is 90.7 Å². The molecule has 1 fully saturated rings. The Morgan fingerprint density at radius 1 is 1.42 bits per heavy atom. The van der Waals surface area contributed by atoms with E-state index in [0.717, 1.165) is 0 Å². The standard InChI is InChI=1S/C13H16N2O4/c1-18-11(16)9-4-2-3-5-10(9)15-12(17)13(14)6-7-19-8-13/h2-5H,6-8,14H2,1H3,(H,15,17). The Bertz CT molecular complexity index is 495. The summed E-state index contributed by atoms with van der Waals surface area (Å²) in [4.78, 5) is 23.7. The molecule has 1 aliphatic heterocycles. The van der Waals surface area contributed by atoms with E-state index in [2.05, 4.69) is 10.1 Å². The molecule has 19 heavy (non-hydrogen) atoms. The molecule has 1 atom stereocenters. The average Bonchev–Trinajstić information content (AvgIpc) is 2.87. The second-order valence-electron chi connectivity index (χ2n) is 4.45. The minimum Gasteiger partial charge on any atom is -0.465 e. The Morgan fingerprint density at radius 2 is 2.16 bits per heavy atom. The van der Waals surface area contributed by atoms with Gasteiger partial charge < -0.3 is 20.5 Å². The Kier molecular flexibility index (Phi) is 3.82. The molecule has 1 aliphatic rings. The van der Waals surface area contributed by atoms with Crippen molar-refractivity contribution in [3.63, 3.8) is 0 Å². The number of nitrogens with two attached hydrogens (primary N) is 1. The molecule has 1 unspecified atom stereocenters. The van der Waals surface area contributed by atoms with Crippen LogP contribution in [-0.4, -0.2) is 37.7 Å². The summed E-state index contributed by atoms with van der Waals surface area (Å²) in [5.41, 5.74) is 5.60. The van der Waals surface area contributed by atoms with Crippen LogP contribution in [0.1, 0.15) is 16.8 Å². The number of carbonyl (C=O) groups is 2. The number of para-hydroxylation sites is 1. The molecule has 0 aromatic heterocycles. The molecule has 0 radical (unpaired) electrons. The van der Waals surface area contributed by atoms with Crippen LogP contribution in [0.15, 0.2) is 24.3 Å². The SMILES string of the molecule is COC(=O)c1ccccc1NC(=O)C1(N)CCOC1. The molecule has 1 aromatic rings. The predicted octanol–water partition coefficient (Wildman–Crippen LogP) is 0.529. The van der Waals surface area contributed by atoms with Crippen molar-refractivity contribution in [1.29, 1.82) is 0 Å². The van der Waals surface area contributed by atoms with Gasteiger partial charge in [0.2, 0.25) is 5.91 Å². The third-order valence-electron chi connectivity index (χ3n) is 3.08. The third kappa shape index (κ3) is 2.74. The molecule has 1 amide bonds. The molecule has 1 heterocycles. The van der Waals surface area contributed by atoms with Crippen LogP contribution in [0.25, 0.3) is 0 Å². The first-order valence-electron chi connectivity index (χ1n) is 5.92. The van der Waals surface area contributed by atoms with Gasteiger partial charge >= 0.3 is 5.97 Å². The first kappa shape index (κ1) is 13.5. The van der Waals surface area contributed by atoms with Crippen LogP contribution in [-0.2, 0) is 14.3 Å². The number of rotatable bonds is 3. The van der Waals surface area contributed by atoms with Crippen molar-refractivity contribution < 1.29 is 19.1 Å². The highest BCUT2D eigenvalue weighted by Crippen LogP contribution is 2.21. The molecule has 6 nitrogen and oxygen atoms in total. The van der Waals surface area contributed by atoms with Gasteiger partial charge in [-0.25, -0.2) is 4.79 Å². The smallest absolute Gasteiger partial charge is 0.339 e. The molecule has 0 spiro atoms. The van der Waals surface area contributed by atoms with E-state index in [1.165, 1.54) is 7.11 Å². The zero-order valence-corrected chi connectivity index (χ0v) is 10.6. The minimum atomic E-state index is -1.04. The first-order chi connectivity index (χ1) is 9.07. The maximum absolute atomic E-state index is 12.1. The lowest BCUT2D eigenvalue weighted by molar-refractivity contribution is -0.121. The van der Waals surface area contributed by atoms with Crippen LogP contribution in [0.4, 0.5) is 5.69 Å². The normalized spacial score (nSPS) is 22.0. The highest BCUT2D eigenvalue weighted by Gasteiger charge is 2.38. The van der Waals surface area contributed by atoms with Crippen molar-refractivity contribution in [3.8, 4) is 0 Å². The van der Waals surface area contributed by atoms with Gasteiger partial charge in [-0.2, -0.15) is 0 Å². The Balaban J connectivity index is 2.19. The lowest BCUT2D eigenvalue weighted by atomic mass is 9.99. The van der Waals surface area contributed by atoms with Crippen LogP contribution in [0.5, 0.6) is 0 Å². The zero-order valence-electron chi connectivity index (χ0n) is 10.6. The van der Waals surface area contributed by atoms with Gasteiger partial charge in [-0.15, -0.1) is 0 Å². The fourth-order valence-corrected chi connectivity index (χ4v) is 1.89. The number of amides is 1. The van der Waals surface area contributed by atoms with Crippen molar-refractivity contribution in [2.45, 2.75) is 12.0 Å². The van der Waals surface area contributed by atoms with E-state index in [-0.39, 0.29) is 12.5 Å². The molecule has 102 valence electrons. The van der Waals surface area contributed by atoms with Crippen molar-refractivity contribution >= 4 is 17.6 Å². The second kappa shape index (κ2) is 5.38. The summed E-state index contributed by atoms with van der Waals surface area (Å²) in [6.07, 6.45) is 0.458. The number of nitrogens with one attached hydrogen (secondary N) is 1. The first-order valence-corrected chi connectivity index (χ1v) is 5.92. The number of benzene rings is 1. The minimum absolute atomic E-state index is 0.180. The molecule has 1 saturated heterocycles. The number of carbonyl (C=O) groups excluding carboxylic acids is 2. The molecule has 0 bridgehead atoms. The number of ether oxygens (including phenoxy) is 2. The van der Waals surface area contributed by atoms with E-state index in [0.29, 0.717) is 24.3 Å². The fraction of sp³-hybridized carbons (Fsp3) is 0.385. The van der Waals surface area contributed by atoms with Gasteiger partial charge in [0.05, 0.1) is 25.0 Å². The van der Waals surface area contributed by atoms with Crippen LogP contribution < -0.4 is 11.1 Å². The number of esters is 1. The van der Waals surface area contributed by atoms with Gasteiger partial charge in [0.25, 0.3) is 0 Å². The molecule has 1 aromatic carbocycles. The van der Waals surface area contributed by atoms with Crippen LogP contribution in [0.2, 0.25) is 0 Å². The summed E-state index contributed by atoms with van der Waals surface area (Å²) in [7, 11) is 1.29. The van der Waals surface area contributed by atoms with Gasteiger partial charge in [0.1, 0.15) is 5.54 Å². The maximum atomic E-state index is 12.1. The maximum Gasteiger partial charge on any atom is 0.339 e. The number of methoxy groups -OCH3 is 1. The van der Waals surface area contributed by atoms with Gasteiger partial charge in [-0.1, -0.05) is 12.1 Å². The largest absolute Gasteiger partial charge is 0.465 e. The number of hydrogen-bond donors (Lipinski definition) is 2. The predicted molar refractivity (Wildman–Crippen MR) is 68.8 cm³/mol. The van der Waals surface area contributed by atoms with Gasteiger partial charge in [-0.05, 0) is 18.6 Å². The highest BCUT2D eigenvalue weighted by molar-refractivity contribution is 6.04. The molecular weight excluding hydrogens is 248 g/mol. The Labute approximate surface area is 110 Å². The van der Waals surface area contributed by atoms with Gasteiger partial charge in [0, 0.05) is 6.61 Å². The highest BCUT2D eigenvalue weighted by atomic mass is 16.5. The van der Waals surface area contributed by atoms with E-state index >= 15 is 0 Å². The van der Waals surface area contributed by atoms with Crippen molar-refractivity contribution in [1.82, 2.24) is 0 Å². The van der Waals surface area contributed by atoms with Crippen molar-refractivity contribution in [2.75, 3.05) is 25.6 Å². The van der Waals surface area contributed by atoms with Crippen molar-refractivity contribution in [2.24, 2.45) is 5.73 Å². The lowest BCUT2D eigenvalue weighted by Gasteiger charge is -2.21. The summed E-state index contributed by atoms with van der Waals surface area (Å²) >= 11 is 0. The van der Waals surface area contributed by atoms with E-state index in [4.69, 9.17) is 10.5 Å². The molecule has 6 heteroatoms. The van der Waals surface area contributed by atoms with Crippen molar-refractivity contribution in [3.05, 3.63) is 29.8 Å². The fourth-order valence-electron chi connectivity index (χ4n) is 1.89. The molecule has 0 saturated carbocycles. The summed E-state index contributed by atoms with van der Waals surface area (Å²) < 4.78 is 9.80. The summed E-state index contributed by atoms with van der Waals surface area (Å²) in [5.74, 6) is -0.869. The van der Waals surface area contributed by atoms with E-state index in [9.17, 15) is 9.59 Å². The molecule has 3 N–H and O–H groups in total. The lowest BCUT2D eigenvalue weighted by Crippen LogP contribution is -2.51. The van der Waals surface area contributed by atoms with E-state index in [1.54, 1.807) is 24.3 Å². The number of hydrogen-bond acceptors (Lipinski definition) is 5. The molecule has 2 rings (SSSR count). The van der Waals surface area contributed by atoms with Crippen LogP contribution in [0.3, 0.4) is 0 Å². The van der Waals surface area contributed by atoms with Gasteiger partial charge in [0.15, 0.2) is 0 Å². The Morgan fingerprint density at radius 3 is 2.79 bits per heavy atom. The second-order valence-corrected chi connectivity index (χ2v) is 4.45. The number of anilines is 1. The third-order valence-corrected chi connectivity index (χ3v) is 3.08.